The van der Waals surface area contributed by atoms with Crippen LogP contribution in [0.4, 0.5) is 0 Å². The van der Waals surface area contributed by atoms with Gasteiger partial charge in [-0.05, 0) is 28.8 Å². The molecule has 0 spiro atoms. The molecule has 1 fully saturated rings. The number of aromatic nitrogens is 3. The van der Waals surface area contributed by atoms with E-state index in [0.717, 1.165) is 16.7 Å². The molecule has 5 nitrogen and oxygen atoms in total. The van der Waals surface area contributed by atoms with E-state index in [4.69, 9.17) is 0 Å². The van der Waals surface area contributed by atoms with Crippen molar-refractivity contribution in [3.63, 3.8) is 0 Å². The molecule has 0 aliphatic heterocycles. The standard InChI is InChI=1S/C27H28N3O2S/c1-28-15-9-21(10-16-28)25-26(22-11-17-29(2)18-12-22)27(25,23-13-19-30(3)20-14-23)33(31,32)24-7-5-4-6-8-24/h4-20,25-26H,1-3H3/q+3. The van der Waals surface area contributed by atoms with E-state index in [2.05, 4.69) is 0 Å². The molecule has 2 atom stereocenters. The molecule has 1 aliphatic carbocycles. The number of nitrogens with zero attached hydrogens (tertiary/aromatic N) is 3. The minimum atomic E-state index is -3.73. The Morgan fingerprint density at radius 3 is 1.42 bits per heavy atom. The summed E-state index contributed by atoms with van der Waals surface area (Å²) in [6.07, 6.45) is 11.8. The Kier molecular flexibility index (Phi) is 5.13. The van der Waals surface area contributed by atoms with Crippen LogP contribution in [0.3, 0.4) is 0 Å². The monoisotopic (exact) mass is 458 g/mol. The van der Waals surface area contributed by atoms with E-state index in [9.17, 15) is 8.42 Å². The number of hydrogen-bond donors (Lipinski definition) is 0. The van der Waals surface area contributed by atoms with Gasteiger partial charge in [-0.15, -0.1) is 0 Å². The van der Waals surface area contributed by atoms with Gasteiger partial charge in [-0.3, -0.25) is 0 Å². The number of rotatable bonds is 5. The highest BCUT2D eigenvalue weighted by Gasteiger charge is 2.74. The first kappa shape index (κ1) is 21.5. The molecule has 0 amide bonds. The van der Waals surface area contributed by atoms with Gasteiger partial charge in [-0.2, -0.15) is 0 Å². The third kappa shape index (κ3) is 3.37. The summed E-state index contributed by atoms with van der Waals surface area (Å²) < 4.78 is 33.8. The van der Waals surface area contributed by atoms with Crippen LogP contribution in [0.15, 0.2) is 109 Å². The van der Waals surface area contributed by atoms with Crippen LogP contribution in [-0.4, -0.2) is 8.42 Å². The number of hydrogen-bond acceptors (Lipinski definition) is 2. The molecule has 1 aliphatic rings. The third-order valence-electron chi connectivity index (χ3n) is 6.80. The lowest BCUT2D eigenvalue weighted by Gasteiger charge is -2.20. The zero-order valence-electron chi connectivity index (χ0n) is 19.0. The molecule has 166 valence electrons. The van der Waals surface area contributed by atoms with Crippen molar-refractivity contribution in [2.24, 2.45) is 21.1 Å². The van der Waals surface area contributed by atoms with Gasteiger partial charge < -0.3 is 0 Å². The first-order valence-corrected chi connectivity index (χ1v) is 12.5. The summed E-state index contributed by atoms with van der Waals surface area (Å²) in [5.41, 5.74) is 2.87. The maximum atomic E-state index is 14.5. The Balaban J connectivity index is 1.80. The molecule has 1 aromatic carbocycles. The Labute approximate surface area is 195 Å². The van der Waals surface area contributed by atoms with Gasteiger partial charge in [0.25, 0.3) is 0 Å². The van der Waals surface area contributed by atoms with Crippen molar-refractivity contribution in [3.05, 3.63) is 121 Å². The zero-order valence-corrected chi connectivity index (χ0v) is 19.9. The molecule has 0 saturated heterocycles. The van der Waals surface area contributed by atoms with Crippen molar-refractivity contribution in [2.45, 2.75) is 21.5 Å². The SMILES string of the molecule is C[n+]1ccc(C2C(c3cc[n+](C)cc3)C2(c2cc[n+](C)cc2)S(=O)(=O)c2ccccc2)cc1. The molecule has 5 rings (SSSR count). The summed E-state index contributed by atoms with van der Waals surface area (Å²) in [7, 11) is 2.15. The maximum Gasteiger partial charge on any atom is 0.189 e. The number of pyridine rings is 3. The molecule has 33 heavy (non-hydrogen) atoms. The fraction of sp³-hybridized carbons (Fsp3) is 0.222. The van der Waals surface area contributed by atoms with Crippen LogP contribution in [0.5, 0.6) is 0 Å². The van der Waals surface area contributed by atoms with E-state index in [1.807, 2.05) is 114 Å². The predicted octanol–water partition coefficient (Wildman–Crippen LogP) is 2.41. The summed E-state index contributed by atoms with van der Waals surface area (Å²) >= 11 is 0. The average molecular weight is 459 g/mol. The summed E-state index contributed by atoms with van der Waals surface area (Å²) in [4.78, 5) is 0.355. The molecule has 0 N–H and O–H groups in total. The van der Waals surface area contributed by atoms with Crippen molar-refractivity contribution >= 4 is 9.84 Å². The minimum Gasteiger partial charge on any atom is -0.223 e. The average Bonchev–Trinajstić information content (AvgIpc) is 3.53. The summed E-state index contributed by atoms with van der Waals surface area (Å²) in [6.45, 7) is 0. The Bertz CT molecular complexity index is 1330. The van der Waals surface area contributed by atoms with Crippen LogP contribution < -0.4 is 13.7 Å². The highest BCUT2D eigenvalue weighted by atomic mass is 32.2. The second kappa shape index (κ2) is 7.89. The third-order valence-corrected chi connectivity index (χ3v) is 9.33. The maximum absolute atomic E-state index is 14.5. The van der Waals surface area contributed by atoms with Gasteiger partial charge in [0.1, 0.15) is 25.9 Å². The fourth-order valence-corrected chi connectivity index (χ4v) is 7.59. The van der Waals surface area contributed by atoms with Crippen molar-refractivity contribution in [1.29, 1.82) is 0 Å². The molecule has 4 aromatic rings. The second-order valence-electron chi connectivity index (χ2n) is 8.91. The lowest BCUT2D eigenvalue weighted by Crippen LogP contribution is -2.30. The molecule has 1 saturated carbocycles. The molecule has 3 heterocycles. The minimum absolute atomic E-state index is 0.204. The highest BCUT2D eigenvalue weighted by molar-refractivity contribution is 7.92. The normalized spacial score (nSPS) is 22.2. The van der Waals surface area contributed by atoms with E-state index in [1.165, 1.54) is 0 Å². The topological polar surface area (TPSA) is 45.8 Å². The first-order chi connectivity index (χ1) is 15.9. The van der Waals surface area contributed by atoms with Crippen LogP contribution in [0.25, 0.3) is 0 Å². The Hall–Kier alpha value is -3.38. The van der Waals surface area contributed by atoms with Gasteiger partial charge in [0.2, 0.25) is 0 Å². The van der Waals surface area contributed by atoms with Crippen LogP contribution in [0.1, 0.15) is 28.5 Å². The van der Waals surface area contributed by atoms with E-state index >= 15 is 0 Å². The first-order valence-electron chi connectivity index (χ1n) is 11.0. The molecular formula is C27H28N3O2S+3. The van der Waals surface area contributed by atoms with E-state index < -0.39 is 14.6 Å². The Morgan fingerprint density at radius 2 is 1.00 bits per heavy atom. The molecule has 2 unspecified atom stereocenters. The largest absolute Gasteiger partial charge is 0.223 e. The smallest absolute Gasteiger partial charge is 0.189 e. The van der Waals surface area contributed by atoms with Crippen LogP contribution in [0.2, 0.25) is 0 Å². The molecular weight excluding hydrogens is 430 g/mol. The van der Waals surface area contributed by atoms with E-state index in [0.29, 0.717) is 4.90 Å². The highest BCUT2D eigenvalue weighted by Crippen LogP contribution is 2.74. The van der Waals surface area contributed by atoms with Gasteiger partial charge in [-0.25, -0.2) is 22.1 Å². The lowest BCUT2D eigenvalue weighted by atomic mass is 10.1. The lowest BCUT2D eigenvalue weighted by molar-refractivity contribution is -0.671. The summed E-state index contributed by atoms with van der Waals surface area (Å²) in [6, 6.07) is 21.0. The number of sulfone groups is 1. The van der Waals surface area contributed by atoms with Gasteiger partial charge in [0.15, 0.2) is 47.0 Å². The summed E-state index contributed by atoms with van der Waals surface area (Å²) in [5.74, 6) is -0.409. The predicted molar refractivity (Wildman–Crippen MR) is 124 cm³/mol. The van der Waals surface area contributed by atoms with Crippen LogP contribution >= 0.6 is 0 Å². The quantitative estimate of drug-likeness (QED) is 0.431. The second-order valence-corrected chi connectivity index (χ2v) is 11.1. The van der Waals surface area contributed by atoms with Gasteiger partial charge >= 0.3 is 0 Å². The summed E-state index contributed by atoms with van der Waals surface area (Å²) in [5, 5.41) is 0. The molecule has 6 heteroatoms. The molecule has 3 aromatic heterocycles. The molecule has 0 bridgehead atoms. The fourth-order valence-electron chi connectivity index (χ4n) is 5.09. The van der Waals surface area contributed by atoms with Gasteiger partial charge in [0.05, 0.1) is 4.90 Å². The molecule has 0 radical (unpaired) electrons. The van der Waals surface area contributed by atoms with Crippen LogP contribution in [0, 0.1) is 0 Å². The van der Waals surface area contributed by atoms with Gasteiger partial charge in [0, 0.05) is 48.2 Å². The van der Waals surface area contributed by atoms with Crippen molar-refractivity contribution in [2.75, 3.05) is 0 Å². The zero-order chi connectivity index (χ0) is 23.2. The van der Waals surface area contributed by atoms with Gasteiger partial charge in [-0.1, -0.05) is 18.2 Å². The number of benzene rings is 1. The van der Waals surface area contributed by atoms with Crippen molar-refractivity contribution in [3.8, 4) is 0 Å². The van der Waals surface area contributed by atoms with Crippen molar-refractivity contribution in [1.82, 2.24) is 0 Å². The van der Waals surface area contributed by atoms with Crippen LogP contribution in [-0.2, 0) is 35.7 Å². The Morgan fingerprint density at radius 1 is 0.606 bits per heavy atom. The van der Waals surface area contributed by atoms with E-state index in [-0.39, 0.29) is 11.8 Å². The van der Waals surface area contributed by atoms with E-state index in [1.54, 1.807) is 24.3 Å². The van der Waals surface area contributed by atoms with Crippen molar-refractivity contribution < 1.29 is 22.1 Å². The number of aryl methyl sites for hydroxylation is 3.